The van der Waals surface area contributed by atoms with Crippen molar-refractivity contribution in [2.24, 2.45) is 11.8 Å². The molecule has 2 unspecified atom stereocenters. The monoisotopic (exact) mass is 1070 g/mol. The second kappa shape index (κ2) is 22.4. The Kier molecular flexibility index (Phi) is 16.6. The van der Waals surface area contributed by atoms with Crippen LogP contribution in [0.3, 0.4) is 0 Å². The maximum absolute atomic E-state index is 14.9. The highest BCUT2D eigenvalue weighted by atomic mass is 32.1. The summed E-state index contributed by atoms with van der Waals surface area (Å²) in [5, 5.41) is 2.35. The van der Waals surface area contributed by atoms with E-state index in [0.29, 0.717) is 55.9 Å². The van der Waals surface area contributed by atoms with Gasteiger partial charge in [-0.2, -0.15) is 0 Å². The number of hydrogen-bond acceptors (Lipinski definition) is 11. The van der Waals surface area contributed by atoms with Crippen molar-refractivity contribution < 1.29 is 28.5 Å². The standard InChI is InChI=1S/C60H79NO6S5/c1-12-17-20-21-22-23-26-61-57(62)45-46(58(61)63)56(60(9,10)11)72-53(45)41-33-37-43(54-49-47(64-27-29-66-49)39(68-54)31-35(15-4)24-18-13-2)52-38(34-42(71-52)59(6,7)8)44(51(37)70-41)55-50-48(65-28-30-67-50)40(69-55)32-36(16-5)25-19-14-3/h33-36H,12-32H2,1-11H3. The lowest BCUT2D eigenvalue weighted by atomic mass is 9.90. The molecule has 7 nitrogen and oxygen atoms in total. The molecule has 0 fully saturated rings. The van der Waals surface area contributed by atoms with Crippen LogP contribution in [0.1, 0.15) is 206 Å². The van der Waals surface area contributed by atoms with Crippen molar-refractivity contribution in [3.05, 3.63) is 42.8 Å². The van der Waals surface area contributed by atoms with E-state index in [9.17, 15) is 9.59 Å². The highest BCUT2D eigenvalue weighted by Crippen LogP contribution is 2.62. The fraction of sp³-hybridized carbons (Fsp3) is 0.600. The molecule has 8 heterocycles. The first-order chi connectivity index (χ1) is 34.6. The number of ether oxygens (including phenoxy) is 4. The summed E-state index contributed by atoms with van der Waals surface area (Å²) >= 11 is 9.03. The molecule has 6 aromatic rings. The van der Waals surface area contributed by atoms with Crippen molar-refractivity contribution in [3.63, 3.8) is 0 Å². The van der Waals surface area contributed by atoms with Crippen LogP contribution in [0.4, 0.5) is 0 Å². The fourth-order valence-corrected chi connectivity index (χ4v) is 17.7. The number of benzene rings is 1. The normalized spacial score (nSPS) is 15.7. The zero-order valence-corrected chi connectivity index (χ0v) is 49.2. The first-order valence-electron chi connectivity index (χ1n) is 27.5. The van der Waals surface area contributed by atoms with Crippen LogP contribution in [0, 0.1) is 11.8 Å². The number of thiophene rings is 5. The Labute approximate surface area is 450 Å². The molecule has 72 heavy (non-hydrogen) atoms. The molecule has 0 aliphatic carbocycles. The first-order valence-corrected chi connectivity index (χ1v) is 31.6. The molecule has 390 valence electrons. The largest absolute Gasteiger partial charge is 0.485 e. The van der Waals surface area contributed by atoms with Gasteiger partial charge in [0.05, 0.1) is 35.5 Å². The van der Waals surface area contributed by atoms with E-state index in [1.807, 2.05) is 34.0 Å². The van der Waals surface area contributed by atoms with E-state index >= 15 is 0 Å². The summed E-state index contributed by atoms with van der Waals surface area (Å²) in [6.45, 7) is 27.5. The zero-order chi connectivity index (χ0) is 51.1. The van der Waals surface area contributed by atoms with Crippen LogP contribution in [-0.4, -0.2) is 49.7 Å². The van der Waals surface area contributed by atoms with E-state index in [1.54, 1.807) is 27.6 Å². The molecule has 2 amide bonds. The van der Waals surface area contributed by atoms with E-state index in [4.69, 9.17) is 18.9 Å². The number of hydrogen-bond donors (Lipinski definition) is 0. The van der Waals surface area contributed by atoms with E-state index in [1.165, 1.54) is 93.6 Å². The molecule has 9 rings (SSSR count). The molecular weight excluding hydrogens is 991 g/mol. The summed E-state index contributed by atoms with van der Waals surface area (Å²) in [5.74, 6) is 4.41. The Morgan fingerprint density at radius 2 is 1.00 bits per heavy atom. The summed E-state index contributed by atoms with van der Waals surface area (Å²) in [6, 6.07) is 4.82. The lowest BCUT2D eigenvalue weighted by Crippen LogP contribution is -2.31. The zero-order valence-electron chi connectivity index (χ0n) is 45.1. The third-order valence-electron chi connectivity index (χ3n) is 15.1. The van der Waals surface area contributed by atoms with Crippen LogP contribution in [0.2, 0.25) is 0 Å². The maximum atomic E-state index is 14.9. The van der Waals surface area contributed by atoms with Gasteiger partial charge in [0, 0.05) is 52.5 Å². The minimum Gasteiger partial charge on any atom is -0.485 e. The summed E-state index contributed by atoms with van der Waals surface area (Å²) in [7, 11) is 0. The molecule has 1 aromatic carbocycles. The lowest BCUT2D eigenvalue weighted by molar-refractivity contribution is 0.0650. The highest BCUT2D eigenvalue weighted by Gasteiger charge is 2.45. The summed E-state index contributed by atoms with van der Waals surface area (Å²) in [6.07, 6.45) is 17.9. The van der Waals surface area contributed by atoms with Gasteiger partial charge in [0.25, 0.3) is 11.8 Å². The van der Waals surface area contributed by atoms with Gasteiger partial charge in [0.1, 0.15) is 26.4 Å². The van der Waals surface area contributed by atoms with Gasteiger partial charge in [-0.25, -0.2) is 0 Å². The Bertz CT molecular complexity index is 2780. The number of nitrogens with zero attached hydrogens (tertiary/aromatic N) is 1. The van der Waals surface area contributed by atoms with Gasteiger partial charge in [0.2, 0.25) is 0 Å². The van der Waals surface area contributed by atoms with Gasteiger partial charge < -0.3 is 18.9 Å². The number of carbonyl (C=O) groups is 2. The van der Waals surface area contributed by atoms with Gasteiger partial charge in [-0.3, -0.25) is 14.5 Å². The molecule has 0 N–H and O–H groups in total. The molecule has 5 aromatic heterocycles. The van der Waals surface area contributed by atoms with E-state index in [2.05, 4.69) is 88.3 Å². The van der Waals surface area contributed by atoms with Crippen molar-refractivity contribution in [2.75, 3.05) is 33.0 Å². The average Bonchev–Trinajstić information content (AvgIpc) is 4.23. The number of unbranched alkanes of at least 4 members (excludes halogenated alkanes) is 7. The molecule has 0 bridgehead atoms. The predicted octanol–water partition coefficient (Wildman–Crippen LogP) is 18.9. The molecule has 12 heteroatoms. The predicted molar refractivity (Wildman–Crippen MR) is 309 cm³/mol. The second-order valence-electron chi connectivity index (χ2n) is 22.7. The molecule has 0 saturated heterocycles. The summed E-state index contributed by atoms with van der Waals surface area (Å²) < 4.78 is 29.3. The van der Waals surface area contributed by atoms with Crippen LogP contribution < -0.4 is 18.9 Å². The van der Waals surface area contributed by atoms with Crippen LogP contribution in [0.15, 0.2) is 12.1 Å². The van der Waals surface area contributed by atoms with E-state index in [-0.39, 0.29) is 22.6 Å². The quantitative estimate of drug-likeness (QED) is 0.0498. The molecule has 0 spiro atoms. The van der Waals surface area contributed by atoms with Gasteiger partial charge in [-0.1, -0.05) is 160 Å². The molecular formula is C60H79NO6S5. The number of amides is 2. The lowest BCUT2D eigenvalue weighted by Gasteiger charge is -2.20. The number of rotatable bonds is 22. The SMILES string of the molecule is CCCCCCCCN1C(=O)c2c(-c3cc4c(-c5sc(CC(CC)CCCC)c6c5OCCO6)c5sc(C(C)(C)C)cc5c(-c5sc(CC(CC)CCCC)c6c5OCCO6)c4s3)sc(C(C)(C)C)c2C1=O. The van der Waals surface area contributed by atoms with E-state index in [0.717, 1.165) is 102 Å². The smallest absolute Gasteiger partial charge is 0.263 e. The van der Waals surface area contributed by atoms with Gasteiger partial charge in [0.15, 0.2) is 23.0 Å². The molecule has 0 radical (unpaired) electrons. The third kappa shape index (κ3) is 10.3. The Morgan fingerprint density at radius 1 is 0.514 bits per heavy atom. The second-order valence-corrected chi connectivity index (χ2v) is 28.0. The van der Waals surface area contributed by atoms with Gasteiger partial charge in [-0.15, -0.1) is 56.7 Å². The number of imide groups is 1. The van der Waals surface area contributed by atoms with Crippen molar-refractivity contribution >= 4 is 88.7 Å². The Hall–Kier alpha value is -3.42. The van der Waals surface area contributed by atoms with Gasteiger partial charge in [-0.05, 0) is 54.1 Å². The Morgan fingerprint density at radius 3 is 1.51 bits per heavy atom. The molecule has 3 aliphatic heterocycles. The van der Waals surface area contributed by atoms with Crippen molar-refractivity contribution in [1.82, 2.24) is 4.90 Å². The molecule has 0 saturated carbocycles. The number of fused-ring (bicyclic) bond motifs is 5. The van der Waals surface area contributed by atoms with Crippen molar-refractivity contribution in [2.45, 2.75) is 190 Å². The first kappa shape index (κ1) is 53.4. The maximum Gasteiger partial charge on any atom is 0.263 e. The molecule has 2 atom stereocenters. The average molecular weight is 1070 g/mol. The Balaban J connectivity index is 1.32. The van der Waals surface area contributed by atoms with Crippen LogP contribution >= 0.6 is 56.7 Å². The fourth-order valence-electron chi connectivity index (χ4n) is 10.9. The van der Waals surface area contributed by atoms with Crippen LogP contribution in [-0.2, 0) is 23.7 Å². The third-order valence-corrected chi connectivity index (χ3v) is 22.0. The van der Waals surface area contributed by atoms with Crippen LogP contribution in [0.25, 0.3) is 50.8 Å². The summed E-state index contributed by atoms with van der Waals surface area (Å²) in [4.78, 5) is 40.1. The van der Waals surface area contributed by atoms with E-state index < -0.39 is 0 Å². The summed E-state index contributed by atoms with van der Waals surface area (Å²) in [5.41, 5.74) is 3.11. The topological polar surface area (TPSA) is 74.3 Å². The van der Waals surface area contributed by atoms with Crippen molar-refractivity contribution in [3.8, 4) is 53.6 Å². The van der Waals surface area contributed by atoms with Crippen molar-refractivity contribution in [1.29, 1.82) is 0 Å². The number of carbonyl (C=O) groups excluding carboxylic acids is 2. The molecule has 3 aliphatic rings. The minimum absolute atomic E-state index is 0.105. The van der Waals surface area contributed by atoms with Crippen LogP contribution in [0.5, 0.6) is 23.0 Å². The minimum atomic E-state index is -0.341. The highest BCUT2D eigenvalue weighted by molar-refractivity contribution is 7.28. The van der Waals surface area contributed by atoms with Gasteiger partial charge >= 0.3 is 0 Å².